The maximum absolute atomic E-state index is 13.6. The second kappa shape index (κ2) is 9.56. The van der Waals surface area contributed by atoms with Gasteiger partial charge in [-0.1, -0.05) is 33.6 Å². The Balaban J connectivity index is 1.20. The predicted molar refractivity (Wildman–Crippen MR) is 138 cm³/mol. The van der Waals surface area contributed by atoms with Gasteiger partial charge in [0.2, 0.25) is 5.92 Å². The Bertz CT molecular complexity index is 865. The molecule has 9 atom stereocenters. The summed E-state index contributed by atoms with van der Waals surface area (Å²) in [5.41, 5.74) is -3.33. The first kappa shape index (κ1) is 29.1. The fourth-order valence-electron chi connectivity index (χ4n) is 10.8. The van der Waals surface area contributed by atoms with Gasteiger partial charge < -0.3 is 10.2 Å². The third kappa shape index (κ3) is 4.86. The minimum Gasteiger partial charge on any atom is -0.390 e. The fourth-order valence-corrected chi connectivity index (χ4v) is 10.8. The molecular formula is C31H49F5O2. The SMILES string of the molecule is C[C@@H](CCCC1(O)CCC(F)(F)CC1)[C@@H]1CC[C@H]2[C@@H]3CC[C@H]4C[C@](O)(C(F)(F)F)CC[C@]4(C)[C@H]3CC[C@@]21C. The molecule has 38 heavy (non-hydrogen) atoms. The minimum atomic E-state index is -4.55. The minimum absolute atomic E-state index is 0.0601. The first-order chi connectivity index (χ1) is 17.5. The van der Waals surface area contributed by atoms with E-state index in [1.165, 1.54) is 12.8 Å². The molecule has 2 nitrogen and oxygen atoms in total. The molecule has 5 aliphatic carbocycles. The quantitative estimate of drug-likeness (QED) is 0.338. The van der Waals surface area contributed by atoms with Crippen molar-refractivity contribution in [1.29, 1.82) is 0 Å². The van der Waals surface area contributed by atoms with Gasteiger partial charge in [-0.15, -0.1) is 0 Å². The molecule has 5 saturated carbocycles. The maximum atomic E-state index is 13.6. The molecule has 0 aromatic carbocycles. The van der Waals surface area contributed by atoms with Crippen LogP contribution in [0.4, 0.5) is 22.0 Å². The van der Waals surface area contributed by atoms with E-state index in [2.05, 4.69) is 20.8 Å². The Hall–Kier alpha value is -0.430. The zero-order valence-corrected chi connectivity index (χ0v) is 23.6. The topological polar surface area (TPSA) is 40.5 Å². The van der Waals surface area contributed by atoms with Gasteiger partial charge in [0, 0.05) is 12.8 Å². The van der Waals surface area contributed by atoms with Crippen LogP contribution in [0, 0.1) is 46.3 Å². The summed E-state index contributed by atoms with van der Waals surface area (Å²) in [6, 6.07) is 0. The molecule has 0 bridgehead atoms. The van der Waals surface area contributed by atoms with Crippen LogP contribution in [0.2, 0.25) is 0 Å². The Morgan fingerprint density at radius 2 is 1.45 bits per heavy atom. The van der Waals surface area contributed by atoms with Crippen molar-refractivity contribution in [2.24, 2.45) is 46.3 Å². The molecular weight excluding hydrogens is 499 g/mol. The van der Waals surface area contributed by atoms with Crippen LogP contribution < -0.4 is 0 Å². The average Bonchev–Trinajstić information content (AvgIpc) is 3.18. The Morgan fingerprint density at radius 1 is 0.789 bits per heavy atom. The van der Waals surface area contributed by atoms with E-state index in [4.69, 9.17) is 0 Å². The third-order valence-corrected chi connectivity index (χ3v) is 13.2. The molecule has 0 unspecified atom stereocenters. The molecule has 0 aromatic heterocycles. The molecule has 0 aromatic rings. The summed E-state index contributed by atoms with van der Waals surface area (Å²) < 4.78 is 68.0. The van der Waals surface area contributed by atoms with E-state index in [0.717, 1.165) is 38.5 Å². The van der Waals surface area contributed by atoms with Crippen LogP contribution in [-0.2, 0) is 0 Å². The van der Waals surface area contributed by atoms with Crippen molar-refractivity contribution < 1.29 is 32.2 Å². The van der Waals surface area contributed by atoms with Gasteiger partial charge in [0.05, 0.1) is 5.60 Å². The normalized spacial score (nSPS) is 47.1. The van der Waals surface area contributed by atoms with E-state index >= 15 is 0 Å². The highest BCUT2D eigenvalue weighted by Crippen LogP contribution is 2.69. The lowest BCUT2D eigenvalue weighted by Gasteiger charge is -2.62. The third-order valence-electron chi connectivity index (χ3n) is 13.2. The molecule has 2 N–H and O–H groups in total. The number of halogens is 5. The van der Waals surface area contributed by atoms with Crippen molar-refractivity contribution in [1.82, 2.24) is 0 Å². The predicted octanol–water partition coefficient (Wildman–Crippen LogP) is 8.69. The Labute approximate surface area is 225 Å². The lowest BCUT2D eigenvalue weighted by Crippen LogP contribution is -2.59. The van der Waals surface area contributed by atoms with Gasteiger partial charge in [-0.25, -0.2) is 8.78 Å². The monoisotopic (exact) mass is 548 g/mol. The molecule has 0 amide bonds. The molecule has 7 heteroatoms. The lowest BCUT2D eigenvalue weighted by molar-refractivity contribution is -0.290. The van der Waals surface area contributed by atoms with E-state index in [0.29, 0.717) is 42.4 Å². The van der Waals surface area contributed by atoms with Crippen molar-refractivity contribution in [3.8, 4) is 0 Å². The summed E-state index contributed by atoms with van der Waals surface area (Å²) in [7, 11) is 0. The molecule has 0 aliphatic heterocycles. The molecule has 0 heterocycles. The summed E-state index contributed by atoms with van der Waals surface area (Å²) in [5, 5.41) is 21.3. The Kier molecular flexibility index (Phi) is 7.31. The van der Waals surface area contributed by atoms with Gasteiger partial charge >= 0.3 is 6.18 Å². The smallest absolute Gasteiger partial charge is 0.390 e. The van der Waals surface area contributed by atoms with Crippen molar-refractivity contribution in [2.75, 3.05) is 0 Å². The van der Waals surface area contributed by atoms with Crippen molar-refractivity contribution in [2.45, 2.75) is 147 Å². The van der Waals surface area contributed by atoms with Gasteiger partial charge in [-0.2, -0.15) is 13.2 Å². The average molecular weight is 549 g/mol. The van der Waals surface area contributed by atoms with E-state index in [1.807, 2.05) is 0 Å². The number of fused-ring (bicyclic) bond motifs is 5. The van der Waals surface area contributed by atoms with Gasteiger partial charge in [-0.3, -0.25) is 0 Å². The highest BCUT2D eigenvalue weighted by molar-refractivity contribution is 5.11. The summed E-state index contributed by atoms with van der Waals surface area (Å²) in [6.07, 6.45) is 4.42. The summed E-state index contributed by atoms with van der Waals surface area (Å²) in [5.74, 6) is 0.0530. The zero-order valence-electron chi connectivity index (χ0n) is 23.6. The summed E-state index contributed by atoms with van der Waals surface area (Å²) in [6.45, 7) is 7.03. The van der Waals surface area contributed by atoms with Gasteiger partial charge in [0.25, 0.3) is 0 Å². The van der Waals surface area contributed by atoms with Crippen LogP contribution in [0.15, 0.2) is 0 Å². The number of aliphatic hydroxyl groups is 2. The first-order valence-electron chi connectivity index (χ1n) is 15.4. The highest BCUT2D eigenvalue weighted by atomic mass is 19.4. The van der Waals surface area contributed by atoms with Crippen LogP contribution in [0.5, 0.6) is 0 Å². The van der Waals surface area contributed by atoms with Crippen LogP contribution in [0.25, 0.3) is 0 Å². The molecule has 5 aliphatic rings. The number of rotatable bonds is 5. The van der Waals surface area contributed by atoms with E-state index in [-0.39, 0.29) is 55.3 Å². The van der Waals surface area contributed by atoms with Crippen LogP contribution >= 0.6 is 0 Å². The van der Waals surface area contributed by atoms with Crippen molar-refractivity contribution >= 4 is 0 Å². The second-order valence-corrected chi connectivity index (χ2v) is 15.1. The second-order valence-electron chi connectivity index (χ2n) is 15.1. The lowest BCUT2D eigenvalue weighted by atomic mass is 9.43. The van der Waals surface area contributed by atoms with E-state index < -0.39 is 23.3 Å². The summed E-state index contributed by atoms with van der Waals surface area (Å²) >= 11 is 0. The zero-order chi connectivity index (χ0) is 27.8. The Morgan fingerprint density at radius 3 is 2.11 bits per heavy atom. The number of hydrogen-bond donors (Lipinski definition) is 2. The van der Waals surface area contributed by atoms with Gasteiger partial charge in [0.1, 0.15) is 0 Å². The van der Waals surface area contributed by atoms with Crippen LogP contribution in [-0.4, -0.2) is 33.5 Å². The molecule has 5 fully saturated rings. The van der Waals surface area contributed by atoms with E-state index in [1.54, 1.807) is 0 Å². The van der Waals surface area contributed by atoms with Crippen molar-refractivity contribution in [3.63, 3.8) is 0 Å². The highest BCUT2D eigenvalue weighted by Gasteiger charge is 2.65. The first-order valence-corrected chi connectivity index (χ1v) is 15.4. The fraction of sp³-hybridized carbons (Fsp3) is 1.00. The van der Waals surface area contributed by atoms with E-state index in [9.17, 15) is 32.2 Å². The van der Waals surface area contributed by atoms with Crippen LogP contribution in [0.1, 0.15) is 124 Å². The molecule has 0 saturated heterocycles. The van der Waals surface area contributed by atoms with Crippen molar-refractivity contribution in [3.05, 3.63) is 0 Å². The molecule has 0 spiro atoms. The van der Waals surface area contributed by atoms with Gasteiger partial charge in [-0.05, 0) is 123 Å². The maximum Gasteiger partial charge on any atom is 0.417 e. The molecule has 220 valence electrons. The van der Waals surface area contributed by atoms with Gasteiger partial charge in [0.15, 0.2) is 5.60 Å². The standard InChI is InChI=1S/C31H49F5O2/c1-20(5-4-11-28(37)14-17-30(32,33)18-15-28)23-8-9-24-22-7-6-21-19-29(38,31(34,35)36)16-13-26(21,2)25(22)10-12-27(23,24)3/h20-25,37-38H,4-19H2,1-3H3/t20-,21-,22-,23-,24-,25-,26-,27+,29-/m0/s1. The largest absolute Gasteiger partial charge is 0.417 e. The molecule has 5 rings (SSSR count). The molecule has 0 radical (unpaired) electrons. The van der Waals surface area contributed by atoms with Crippen LogP contribution in [0.3, 0.4) is 0 Å². The number of hydrogen-bond acceptors (Lipinski definition) is 2. The summed E-state index contributed by atoms with van der Waals surface area (Å²) in [4.78, 5) is 0. The number of alkyl halides is 5.